The second-order valence-electron chi connectivity index (χ2n) is 3.92. The standard InChI is InChI=1S/C12H12N4/c13-11-5-15-12(6-14-11)16-7-9-3-1-2-4-10(9)8-16/h1-6H,7-8H2,(H2,13,14). The molecule has 0 aliphatic carbocycles. The van der Waals surface area contributed by atoms with E-state index in [0.717, 1.165) is 18.9 Å². The molecule has 0 radical (unpaired) electrons. The van der Waals surface area contributed by atoms with Crippen LogP contribution < -0.4 is 10.6 Å². The Morgan fingerprint density at radius 3 is 2.25 bits per heavy atom. The third-order valence-corrected chi connectivity index (χ3v) is 2.82. The molecule has 0 unspecified atom stereocenters. The lowest BCUT2D eigenvalue weighted by atomic mass is 10.1. The predicted molar refractivity (Wildman–Crippen MR) is 62.8 cm³/mol. The highest BCUT2D eigenvalue weighted by atomic mass is 15.2. The summed E-state index contributed by atoms with van der Waals surface area (Å²) in [6.07, 6.45) is 3.32. The first kappa shape index (κ1) is 9.15. The Labute approximate surface area is 93.8 Å². The summed E-state index contributed by atoms with van der Waals surface area (Å²) in [5.74, 6) is 1.34. The Morgan fingerprint density at radius 2 is 1.69 bits per heavy atom. The van der Waals surface area contributed by atoms with Gasteiger partial charge in [0.05, 0.1) is 12.4 Å². The zero-order valence-electron chi connectivity index (χ0n) is 8.80. The molecule has 0 amide bonds. The molecule has 2 N–H and O–H groups in total. The highest BCUT2D eigenvalue weighted by Gasteiger charge is 2.19. The van der Waals surface area contributed by atoms with Gasteiger partial charge in [0.2, 0.25) is 0 Å². The van der Waals surface area contributed by atoms with Crippen molar-refractivity contribution in [2.45, 2.75) is 13.1 Å². The maximum absolute atomic E-state index is 5.52. The Kier molecular flexibility index (Phi) is 1.99. The summed E-state index contributed by atoms with van der Waals surface area (Å²) in [4.78, 5) is 10.5. The molecule has 4 heteroatoms. The van der Waals surface area contributed by atoms with Gasteiger partial charge >= 0.3 is 0 Å². The minimum absolute atomic E-state index is 0.459. The molecular weight excluding hydrogens is 200 g/mol. The fourth-order valence-electron chi connectivity index (χ4n) is 1.99. The molecule has 4 nitrogen and oxygen atoms in total. The smallest absolute Gasteiger partial charge is 0.147 e. The molecule has 1 aliphatic rings. The zero-order chi connectivity index (χ0) is 11.0. The van der Waals surface area contributed by atoms with Crippen molar-refractivity contribution in [3.63, 3.8) is 0 Å². The maximum atomic E-state index is 5.52. The number of nitrogens with zero attached hydrogens (tertiary/aromatic N) is 3. The Morgan fingerprint density at radius 1 is 1.00 bits per heavy atom. The van der Waals surface area contributed by atoms with Gasteiger partial charge in [-0.25, -0.2) is 9.97 Å². The van der Waals surface area contributed by atoms with Gasteiger partial charge < -0.3 is 10.6 Å². The summed E-state index contributed by atoms with van der Waals surface area (Å²) < 4.78 is 0. The van der Waals surface area contributed by atoms with Crippen LogP contribution in [0.5, 0.6) is 0 Å². The summed E-state index contributed by atoms with van der Waals surface area (Å²) in [6, 6.07) is 8.44. The Bertz CT molecular complexity index is 482. The quantitative estimate of drug-likeness (QED) is 0.779. The monoisotopic (exact) mass is 212 g/mol. The number of hydrogen-bond acceptors (Lipinski definition) is 4. The molecule has 16 heavy (non-hydrogen) atoms. The van der Waals surface area contributed by atoms with E-state index in [4.69, 9.17) is 5.73 Å². The molecular formula is C12H12N4. The van der Waals surface area contributed by atoms with Crippen LogP contribution in [0.2, 0.25) is 0 Å². The average Bonchev–Trinajstić information content (AvgIpc) is 2.73. The molecule has 1 aromatic heterocycles. The number of benzene rings is 1. The first-order valence-corrected chi connectivity index (χ1v) is 5.22. The highest BCUT2D eigenvalue weighted by Crippen LogP contribution is 2.26. The molecule has 0 spiro atoms. The van der Waals surface area contributed by atoms with E-state index >= 15 is 0 Å². The van der Waals surface area contributed by atoms with Gasteiger partial charge in [-0.15, -0.1) is 0 Å². The molecule has 1 aromatic carbocycles. The Hall–Kier alpha value is -2.10. The lowest BCUT2D eigenvalue weighted by Gasteiger charge is -2.15. The van der Waals surface area contributed by atoms with Gasteiger partial charge in [-0.1, -0.05) is 24.3 Å². The van der Waals surface area contributed by atoms with Gasteiger partial charge in [0.1, 0.15) is 11.6 Å². The molecule has 80 valence electrons. The van der Waals surface area contributed by atoms with E-state index < -0.39 is 0 Å². The van der Waals surface area contributed by atoms with Crippen LogP contribution in [0.3, 0.4) is 0 Å². The number of nitrogens with two attached hydrogens (primary N) is 1. The average molecular weight is 212 g/mol. The van der Waals surface area contributed by atoms with Gasteiger partial charge in [-0.3, -0.25) is 0 Å². The molecule has 3 rings (SSSR count). The molecule has 0 saturated heterocycles. The Balaban J connectivity index is 1.88. The topological polar surface area (TPSA) is 55.0 Å². The largest absolute Gasteiger partial charge is 0.382 e. The fraction of sp³-hybridized carbons (Fsp3) is 0.167. The first-order valence-electron chi connectivity index (χ1n) is 5.22. The van der Waals surface area contributed by atoms with Crippen LogP contribution in [0.25, 0.3) is 0 Å². The van der Waals surface area contributed by atoms with Crippen LogP contribution in [0.15, 0.2) is 36.7 Å². The number of rotatable bonds is 1. The van der Waals surface area contributed by atoms with Gasteiger partial charge in [-0.05, 0) is 11.1 Å². The summed E-state index contributed by atoms with van der Waals surface area (Å²) in [7, 11) is 0. The number of aromatic nitrogens is 2. The third kappa shape index (κ3) is 1.48. The summed E-state index contributed by atoms with van der Waals surface area (Å²) in [5, 5.41) is 0. The first-order chi connectivity index (χ1) is 7.83. The van der Waals surface area contributed by atoms with Gasteiger partial charge in [0.15, 0.2) is 0 Å². The van der Waals surface area contributed by atoms with Crippen LogP contribution in [-0.2, 0) is 13.1 Å². The highest BCUT2D eigenvalue weighted by molar-refractivity contribution is 5.46. The molecule has 0 fully saturated rings. The van der Waals surface area contributed by atoms with Crippen molar-refractivity contribution < 1.29 is 0 Å². The lowest BCUT2D eigenvalue weighted by molar-refractivity contribution is 0.851. The van der Waals surface area contributed by atoms with Crippen LogP contribution in [0.1, 0.15) is 11.1 Å². The second-order valence-corrected chi connectivity index (χ2v) is 3.92. The van der Waals surface area contributed by atoms with Gasteiger partial charge in [0, 0.05) is 13.1 Å². The van der Waals surface area contributed by atoms with Crippen molar-refractivity contribution in [3.05, 3.63) is 47.8 Å². The second kappa shape index (κ2) is 3.48. The number of anilines is 2. The molecule has 0 saturated carbocycles. The van der Waals surface area contributed by atoms with Crippen molar-refractivity contribution >= 4 is 11.6 Å². The van der Waals surface area contributed by atoms with E-state index in [1.165, 1.54) is 11.1 Å². The maximum Gasteiger partial charge on any atom is 0.147 e. The van der Waals surface area contributed by atoms with Crippen LogP contribution in [0, 0.1) is 0 Å². The van der Waals surface area contributed by atoms with E-state index in [1.54, 1.807) is 12.4 Å². The van der Waals surface area contributed by atoms with E-state index in [9.17, 15) is 0 Å². The van der Waals surface area contributed by atoms with Gasteiger partial charge in [-0.2, -0.15) is 0 Å². The number of hydrogen-bond donors (Lipinski definition) is 1. The van der Waals surface area contributed by atoms with Crippen molar-refractivity contribution in [1.82, 2.24) is 9.97 Å². The van der Waals surface area contributed by atoms with Gasteiger partial charge in [0.25, 0.3) is 0 Å². The van der Waals surface area contributed by atoms with E-state index in [-0.39, 0.29) is 0 Å². The molecule has 0 bridgehead atoms. The number of fused-ring (bicyclic) bond motifs is 1. The van der Waals surface area contributed by atoms with E-state index in [2.05, 4.69) is 39.1 Å². The van der Waals surface area contributed by atoms with E-state index in [1.807, 2.05) is 0 Å². The molecule has 2 aromatic rings. The number of nitrogen functional groups attached to an aromatic ring is 1. The third-order valence-electron chi connectivity index (χ3n) is 2.82. The lowest BCUT2D eigenvalue weighted by Crippen LogP contribution is -2.16. The minimum atomic E-state index is 0.459. The van der Waals surface area contributed by atoms with Crippen molar-refractivity contribution in [1.29, 1.82) is 0 Å². The van der Waals surface area contributed by atoms with Crippen molar-refractivity contribution in [3.8, 4) is 0 Å². The molecule has 0 atom stereocenters. The van der Waals surface area contributed by atoms with Crippen molar-refractivity contribution in [2.75, 3.05) is 10.6 Å². The van der Waals surface area contributed by atoms with Crippen LogP contribution in [0.4, 0.5) is 11.6 Å². The minimum Gasteiger partial charge on any atom is -0.382 e. The summed E-state index contributed by atoms with van der Waals surface area (Å²) in [6.45, 7) is 1.80. The normalized spacial score (nSPS) is 13.9. The summed E-state index contributed by atoms with van der Waals surface area (Å²) in [5.41, 5.74) is 8.24. The SMILES string of the molecule is Nc1cnc(N2Cc3ccccc3C2)cn1. The fourth-order valence-corrected chi connectivity index (χ4v) is 1.99. The van der Waals surface area contributed by atoms with E-state index in [0.29, 0.717) is 5.82 Å². The summed E-state index contributed by atoms with van der Waals surface area (Å²) >= 11 is 0. The predicted octanol–water partition coefficient (Wildman–Crippen LogP) is 1.58. The zero-order valence-corrected chi connectivity index (χ0v) is 8.80. The van der Waals surface area contributed by atoms with Crippen molar-refractivity contribution in [2.24, 2.45) is 0 Å². The molecule has 1 aliphatic heterocycles. The molecule has 2 heterocycles. The van der Waals surface area contributed by atoms with Crippen LogP contribution >= 0.6 is 0 Å². The van der Waals surface area contributed by atoms with Crippen LogP contribution in [-0.4, -0.2) is 9.97 Å².